The van der Waals surface area contributed by atoms with Gasteiger partial charge in [-0.15, -0.1) is 0 Å². The molecule has 0 bridgehead atoms. The van der Waals surface area contributed by atoms with Crippen LogP contribution in [-0.4, -0.2) is 13.9 Å². The molecule has 1 aromatic rings. The van der Waals surface area contributed by atoms with Gasteiger partial charge in [0.2, 0.25) is 0 Å². The minimum atomic E-state index is 0.324. The van der Waals surface area contributed by atoms with Gasteiger partial charge in [0.25, 0.3) is 0 Å². The van der Waals surface area contributed by atoms with E-state index in [-0.39, 0.29) is 0 Å². The van der Waals surface area contributed by atoms with Gasteiger partial charge in [-0.1, -0.05) is 31.9 Å². The van der Waals surface area contributed by atoms with Crippen molar-refractivity contribution in [2.45, 2.75) is 6.61 Å². The van der Waals surface area contributed by atoms with Crippen LogP contribution >= 0.6 is 31.9 Å². The normalized spacial score (nSPS) is 10.4. The fourth-order valence-corrected chi connectivity index (χ4v) is 2.33. The van der Waals surface area contributed by atoms with Crippen molar-refractivity contribution in [2.75, 3.05) is 13.9 Å². The van der Waals surface area contributed by atoms with Crippen LogP contribution in [0.1, 0.15) is 5.56 Å². The van der Waals surface area contributed by atoms with Crippen LogP contribution in [0, 0.1) is 0 Å². The smallest absolute Gasteiger partial charge is 0.146 e. The Balaban J connectivity index is 2.56. The Kier molecular flexibility index (Phi) is 4.94. The Morgan fingerprint density at radius 1 is 1.15 bits per heavy atom. The van der Waals surface area contributed by atoms with Crippen molar-refractivity contribution in [1.29, 1.82) is 0 Å². The molecule has 13 heavy (non-hydrogen) atoms. The molecule has 0 N–H and O–H groups in total. The Labute approximate surface area is 94.5 Å². The minimum absolute atomic E-state index is 0.324. The first kappa shape index (κ1) is 11.2. The maximum Gasteiger partial charge on any atom is 0.146 e. The first-order valence-corrected chi connectivity index (χ1v) is 5.32. The minimum Gasteiger partial charge on any atom is -0.359 e. The summed E-state index contributed by atoms with van der Waals surface area (Å²) in [7, 11) is 1.61. The lowest BCUT2D eigenvalue weighted by molar-refractivity contribution is -0.0390. The Bertz CT molecular complexity index is 256. The van der Waals surface area contributed by atoms with Crippen molar-refractivity contribution in [3.8, 4) is 0 Å². The third-order valence-corrected chi connectivity index (χ3v) is 2.31. The van der Waals surface area contributed by atoms with Crippen molar-refractivity contribution in [1.82, 2.24) is 0 Å². The average Bonchev–Trinajstić information content (AvgIpc) is 2.03. The van der Waals surface area contributed by atoms with E-state index in [0.717, 1.165) is 14.5 Å². The van der Waals surface area contributed by atoms with E-state index < -0.39 is 0 Å². The van der Waals surface area contributed by atoms with Gasteiger partial charge in [0.05, 0.1) is 6.61 Å². The first-order valence-electron chi connectivity index (χ1n) is 3.74. The molecule has 0 aliphatic carbocycles. The fraction of sp³-hybridized carbons (Fsp3) is 0.333. The second kappa shape index (κ2) is 5.75. The molecule has 0 aromatic heterocycles. The van der Waals surface area contributed by atoms with Crippen LogP contribution < -0.4 is 0 Å². The van der Waals surface area contributed by atoms with Gasteiger partial charge in [0.15, 0.2) is 0 Å². The molecule has 4 heteroatoms. The van der Waals surface area contributed by atoms with Gasteiger partial charge in [0, 0.05) is 16.1 Å². The molecule has 0 aliphatic heterocycles. The van der Waals surface area contributed by atoms with Gasteiger partial charge in [-0.25, -0.2) is 0 Å². The predicted molar refractivity (Wildman–Crippen MR) is 58.5 cm³/mol. The summed E-state index contributed by atoms with van der Waals surface area (Å²) in [6.07, 6.45) is 0. The van der Waals surface area contributed by atoms with Crippen molar-refractivity contribution >= 4 is 31.9 Å². The summed E-state index contributed by atoms with van der Waals surface area (Å²) >= 11 is 6.81. The maximum absolute atomic E-state index is 5.21. The van der Waals surface area contributed by atoms with E-state index in [1.807, 2.05) is 18.2 Å². The van der Waals surface area contributed by atoms with E-state index >= 15 is 0 Å². The number of benzene rings is 1. The summed E-state index contributed by atoms with van der Waals surface area (Å²) in [5.41, 5.74) is 1.11. The van der Waals surface area contributed by atoms with Crippen molar-refractivity contribution in [3.63, 3.8) is 0 Å². The van der Waals surface area contributed by atoms with E-state index in [4.69, 9.17) is 9.47 Å². The van der Waals surface area contributed by atoms with Gasteiger partial charge in [-0.05, 0) is 23.8 Å². The number of rotatable bonds is 4. The van der Waals surface area contributed by atoms with Crippen LogP contribution in [0.15, 0.2) is 27.1 Å². The summed E-state index contributed by atoms with van der Waals surface area (Å²) < 4.78 is 12.1. The van der Waals surface area contributed by atoms with E-state index in [2.05, 4.69) is 31.9 Å². The number of ether oxygens (including phenoxy) is 2. The van der Waals surface area contributed by atoms with Gasteiger partial charge >= 0.3 is 0 Å². The summed E-state index contributed by atoms with van der Waals surface area (Å²) in [4.78, 5) is 0. The standard InChI is InChI=1S/C9H10Br2O2/c1-12-6-13-5-7-2-8(10)4-9(11)3-7/h2-4H,5-6H2,1H3. The third kappa shape index (κ3) is 4.22. The van der Waals surface area contributed by atoms with Crippen LogP contribution in [0.25, 0.3) is 0 Å². The van der Waals surface area contributed by atoms with Gasteiger partial charge in [0.1, 0.15) is 6.79 Å². The highest BCUT2D eigenvalue weighted by atomic mass is 79.9. The van der Waals surface area contributed by atoms with Crippen LogP contribution in [0.4, 0.5) is 0 Å². The number of halogens is 2. The topological polar surface area (TPSA) is 18.5 Å². The molecule has 1 aromatic carbocycles. The van der Waals surface area contributed by atoms with Gasteiger partial charge < -0.3 is 9.47 Å². The summed E-state index contributed by atoms with van der Waals surface area (Å²) in [6.45, 7) is 0.885. The van der Waals surface area contributed by atoms with Crippen LogP contribution in [0.2, 0.25) is 0 Å². The SMILES string of the molecule is COCOCc1cc(Br)cc(Br)c1. The quantitative estimate of drug-likeness (QED) is 0.627. The van der Waals surface area contributed by atoms with Gasteiger partial charge in [-0.3, -0.25) is 0 Å². The summed E-state index contributed by atoms with van der Waals surface area (Å²) in [5.74, 6) is 0. The number of hydrogen-bond acceptors (Lipinski definition) is 2. The third-order valence-electron chi connectivity index (χ3n) is 1.39. The maximum atomic E-state index is 5.21. The highest BCUT2D eigenvalue weighted by Gasteiger charge is 1.97. The highest BCUT2D eigenvalue weighted by molar-refractivity contribution is 9.11. The van der Waals surface area contributed by atoms with Gasteiger partial charge in [-0.2, -0.15) is 0 Å². The molecular formula is C9H10Br2O2. The lowest BCUT2D eigenvalue weighted by Crippen LogP contribution is -1.96. The van der Waals surface area contributed by atoms with E-state index in [1.165, 1.54) is 0 Å². The molecule has 2 nitrogen and oxygen atoms in total. The lowest BCUT2D eigenvalue weighted by atomic mass is 10.2. The monoisotopic (exact) mass is 308 g/mol. The Hall–Kier alpha value is 0.1000. The number of methoxy groups -OCH3 is 1. The van der Waals surface area contributed by atoms with Crippen LogP contribution in [0.3, 0.4) is 0 Å². The molecule has 0 saturated carbocycles. The number of hydrogen-bond donors (Lipinski definition) is 0. The molecule has 0 radical (unpaired) electrons. The van der Waals surface area contributed by atoms with E-state index in [1.54, 1.807) is 7.11 Å². The Morgan fingerprint density at radius 2 is 1.77 bits per heavy atom. The largest absolute Gasteiger partial charge is 0.359 e. The molecule has 1 rings (SSSR count). The molecule has 0 unspecified atom stereocenters. The zero-order chi connectivity index (χ0) is 9.68. The zero-order valence-electron chi connectivity index (χ0n) is 7.22. The van der Waals surface area contributed by atoms with Crippen molar-refractivity contribution < 1.29 is 9.47 Å². The van der Waals surface area contributed by atoms with Crippen molar-refractivity contribution in [2.24, 2.45) is 0 Å². The molecule has 72 valence electrons. The zero-order valence-corrected chi connectivity index (χ0v) is 10.4. The second-order valence-corrected chi connectivity index (χ2v) is 4.36. The van der Waals surface area contributed by atoms with Crippen LogP contribution in [-0.2, 0) is 16.1 Å². The van der Waals surface area contributed by atoms with Crippen LogP contribution in [0.5, 0.6) is 0 Å². The summed E-state index contributed by atoms with van der Waals surface area (Å²) in [6, 6.07) is 6.01. The molecule has 0 aliphatic rings. The molecular weight excluding hydrogens is 300 g/mol. The average molecular weight is 310 g/mol. The first-order chi connectivity index (χ1) is 6.22. The molecule has 0 saturated heterocycles. The lowest BCUT2D eigenvalue weighted by Gasteiger charge is -2.04. The van der Waals surface area contributed by atoms with E-state index in [0.29, 0.717) is 13.4 Å². The molecule has 0 atom stereocenters. The second-order valence-electron chi connectivity index (χ2n) is 2.53. The Morgan fingerprint density at radius 3 is 2.31 bits per heavy atom. The summed E-state index contributed by atoms with van der Waals surface area (Å²) in [5, 5.41) is 0. The van der Waals surface area contributed by atoms with Crippen molar-refractivity contribution in [3.05, 3.63) is 32.7 Å². The molecule has 0 amide bonds. The fourth-order valence-electron chi connectivity index (χ4n) is 0.937. The molecule has 0 spiro atoms. The molecule has 0 fully saturated rings. The van der Waals surface area contributed by atoms with E-state index in [9.17, 15) is 0 Å². The predicted octanol–water partition coefficient (Wildman–Crippen LogP) is 3.33. The highest BCUT2D eigenvalue weighted by Crippen LogP contribution is 2.20. The molecule has 0 heterocycles.